The summed E-state index contributed by atoms with van der Waals surface area (Å²) in [6.45, 7) is 1.60. The average molecular weight is 264 g/mol. The molecule has 0 fully saturated rings. The number of pyridine rings is 1. The smallest absolute Gasteiger partial charge is 0.326 e. The van der Waals surface area contributed by atoms with Crippen LogP contribution in [0.15, 0.2) is 24.4 Å². The summed E-state index contributed by atoms with van der Waals surface area (Å²) < 4.78 is 0. The van der Waals surface area contributed by atoms with Crippen molar-refractivity contribution >= 4 is 22.4 Å². The van der Waals surface area contributed by atoms with Crippen LogP contribution >= 0.6 is 11.3 Å². The van der Waals surface area contributed by atoms with Crippen LogP contribution in [0.4, 0.5) is 5.13 Å². The summed E-state index contributed by atoms with van der Waals surface area (Å²) in [7, 11) is 1.68. The maximum Gasteiger partial charge on any atom is 0.326 e. The normalized spacial score (nSPS) is 12.1. The summed E-state index contributed by atoms with van der Waals surface area (Å²) >= 11 is 1.32. The van der Waals surface area contributed by atoms with Gasteiger partial charge in [0.25, 0.3) is 0 Å². The van der Waals surface area contributed by atoms with Crippen molar-refractivity contribution in [2.75, 3.05) is 11.9 Å². The number of carboxylic acids is 1. The van der Waals surface area contributed by atoms with E-state index in [0.717, 1.165) is 5.69 Å². The van der Waals surface area contributed by atoms with Crippen molar-refractivity contribution in [3.05, 3.63) is 24.4 Å². The van der Waals surface area contributed by atoms with E-state index in [4.69, 9.17) is 5.11 Å². The van der Waals surface area contributed by atoms with Crippen molar-refractivity contribution in [3.8, 4) is 10.7 Å². The molecule has 94 valence electrons. The van der Waals surface area contributed by atoms with Gasteiger partial charge in [0, 0.05) is 13.2 Å². The van der Waals surface area contributed by atoms with Crippen LogP contribution in [0.3, 0.4) is 0 Å². The van der Waals surface area contributed by atoms with Crippen molar-refractivity contribution in [2.45, 2.75) is 13.0 Å². The number of hydrogen-bond donors (Lipinski definition) is 1. The van der Waals surface area contributed by atoms with Gasteiger partial charge in [0.2, 0.25) is 5.13 Å². The van der Waals surface area contributed by atoms with Gasteiger partial charge in [-0.2, -0.15) is 0 Å². The number of rotatable bonds is 4. The van der Waals surface area contributed by atoms with Crippen LogP contribution in [0.5, 0.6) is 0 Å². The Hall–Kier alpha value is -2.02. The number of aromatic nitrogens is 3. The Balaban J connectivity index is 2.23. The van der Waals surface area contributed by atoms with Gasteiger partial charge in [-0.1, -0.05) is 17.4 Å². The number of aliphatic carboxylic acids is 1. The second kappa shape index (κ2) is 5.09. The molecule has 0 bridgehead atoms. The fourth-order valence-corrected chi connectivity index (χ4v) is 2.15. The molecule has 2 rings (SSSR count). The van der Waals surface area contributed by atoms with E-state index in [1.54, 1.807) is 25.1 Å². The van der Waals surface area contributed by atoms with Crippen molar-refractivity contribution in [3.63, 3.8) is 0 Å². The number of carboxylic acid groups (broad SMARTS) is 1. The van der Waals surface area contributed by atoms with Crippen molar-refractivity contribution in [2.24, 2.45) is 0 Å². The highest BCUT2D eigenvalue weighted by Gasteiger charge is 2.20. The Labute approximate surface area is 108 Å². The van der Waals surface area contributed by atoms with Crippen molar-refractivity contribution < 1.29 is 9.90 Å². The maximum absolute atomic E-state index is 10.9. The largest absolute Gasteiger partial charge is 0.480 e. The minimum atomic E-state index is -0.896. The number of carbonyl (C=O) groups is 1. The molecule has 2 aromatic rings. The molecule has 0 spiro atoms. The van der Waals surface area contributed by atoms with Crippen LogP contribution in [0.2, 0.25) is 0 Å². The van der Waals surface area contributed by atoms with Crippen LogP contribution in [0.25, 0.3) is 10.7 Å². The number of likely N-dealkylation sites (N-methyl/N-ethyl adjacent to an activating group) is 1. The quantitative estimate of drug-likeness (QED) is 0.901. The van der Waals surface area contributed by atoms with E-state index in [1.807, 2.05) is 18.2 Å². The molecule has 7 heteroatoms. The zero-order valence-electron chi connectivity index (χ0n) is 9.94. The van der Waals surface area contributed by atoms with Crippen LogP contribution < -0.4 is 4.90 Å². The maximum atomic E-state index is 10.9. The van der Waals surface area contributed by atoms with Crippen LogP contribution in [0.1, 0.15) is 6.92 Å². The molecule has 1 atom stereocenters. The van der Waals surface area contributed by atoms with E-state index in [0.29, 0.717) is 10.1 Å². The first-order chi connectivity index (χ1) is 8.59. The first-order valence-corrected chi connectivity index (χ1v) is 6.12. The van der Waals surface area contributed by atoms with Crippen molar-refractivity contribution in [1.29, 1.82) is 0 Å². The molecule has 1 N–H and O–H groups in total. The first kappa shape index (κ1) is 12.4. The molecule has 0 saturated heterocycles. The number of hydrogen-bond acceptors (Lipinski definition) is 6. The van der Waals surface area contributed by atoms with Gasteiger partial charge in [-0.05, 0) is 19.1 Å². The molecule has 1 unspecified atom stereocenters. The molecule has 2 heterocycles. The SMILES string of the molecule is CC(C(=O)O)N(C)c1nnc(-c2ccccn2)s1. The highest BCUT2D eigenvalue weighted by molar-refractivity contribution is 7.18. The molecule has 0 aliphatic rings. The first-order valence-electron chi connectivity index (χ1n) is 5.30. The zero-order chi connectivity index (χ0) is 13.1. The molecule has 0 saturated carbocycles. The lowest BCUT2D eigenvalue weighted by Gasteiger charge is -2.19. The Bertz CT molecular complexity index is 543. The Kier molecular flexibility index (Phi) is 3.52. The fourth-order valence-electron chi connectivity index (χ4n) is 1.28. The lowest BCUT2D eigenvalue weighted by Crippen LogP contribution is -2.35. The predicted octanol–water partition coefficient (Wildman–Crippen LogP) is 1.51. The third kappa shape index (κ3) is 2.45. The van der Waals surface area contributed by atoms with E-state index >= 15 is 0 Å². The third-order valence-corrected chi connectivity index (χ3v) is 3.57. The average Bonchev–Trinajstić information content (AvgIpc) is 2.87. The second-order valence-corrected chi connectivity index (χ2v) is 4.69. The van der Waals surface area contributed by atoms with Gasteiger partial charge in [-0.25, -0.2) is 4.79 Å². The van der Waals surface area contributed by atoms with E-state index in [9.17, 15) is 4.79 Å². The van der Waals surface area contributed by atoms with Gasteiger partial charge in [0.05, 0.1) is 0 Å². The third-order valence-electron chi connectivity index (χ3n) is 2.54. The lowest BCUT2D eigenvalue weighted by atomic mass is 10.3. The van der Waals surface area contributed by atoms with Gasteiger partial charge < -0.3 is 10.0 Å². The lowest BCUT2D eigenvalue weighted by molar-refractivity contribution is -0.138. The Morgan fingerprint density at radius 1 is 1.44 bits per heavy atom. The monoisotopic (exact) mass is 264 g/mol. The molecular weight excluding hydrogens is 252 g/mol. The molecule has 0 aromatic carbocycles. The standard InChI is InChI=1S/C11H12N4O2S/c1-7(10(16)17)15(2)11-14-13-9(18-11)8-5-3-4-6-12-8/h3-7H,1-2H3,(H,16,17). The summed E-state index contributed by atoms with van der Waals surface area (Å²) in [6, 6.07) is 4.89. The molecule has 18 heavy (non-hydrogen) atoms. The van der Waals surface area contributed by atoms with Crippen molar-refractivity contribution in [1.82, 2.24) is 15.2 Å². The van der Waals surface area contributed by atoms with Crippen LogP contribution in [0, 0.1) is 0 Å². The summed E-state index contributed by atoms with van der Waals surface area (Å²) in [5.74, 6) is -0.896. The van der Waals surface area contributed by atoms with Gasteiger partial charge in [0.1, 0.15) is 11.7 Å². The Morgan fingerprint density at radius 3 is 2.83 bits per heavy atom. The number of anilines is 1. The summed E-state index contributed by atoms with van der Waals surface area (Å²) in [6.07, 6.45) is 1.68. The van der Waals surface area contributed by atoms with Gasteiger partial charge >= 0.3 is 5.97 Å². The van der Waals surface area contributed by atoms with E-state index in [2.05, 4.69) is 15.2 Å². The molecule has 0 amide bonds. The molecular formula is C11H12N4O2S. The number of nitrogens with zero attached hydrogens (tertiary/aromatic N) is 4. The minimum absolute atomic E-state index is 0.561. The highest BCUT2D eigenvalue weighted by atomic mass is 32.1. The zero-order valence-corrected chi connectivity index (χ0v) is 10.8. The Morgan fingerprint density at radius 2 is 2.22 bits per heavy atom. The molecule has 0 aliphatic carbocycles. The topological polar surface area (TPSA) is 79.2 Å². The van der Waals surface area contributed by atoms with Gasteiger partial charge in [-0.15, -0.1) is 10.2 Å². The molecule has 0 radical (unpaired) electrons. The van der Waals surface area contributed by atoms with Gasteiger partial charge in [0.15, 0.2) is 5.01 Å². The summed E-state index contributed by atoms with van der Waals surface area (Å²) in [5, 5.41) is 18.2. The summed E-state index contributed by atoms with van der Waals surface area (Å²) in [5.41, 5.74) is 0.734. The second-order valence-electron chi connectivity index (χ2n) is 3.73. The highest BCUT2D eigenvalue weighted by Crippen LogP contribution is 2.27. The molecule has 6 nitrogen and oxygen atoms in total. The molecule has 0 aliphatic heterocycles. The van der Waals surface area contributed by atoms with E-state index in [1.165, 1.54) is 11.3 Å². The van der Waals surface area contributed by atoms with Gasteiger partial charge in [-0.3, -0.25) is 4.98 Å². The summed E-state index contributed by atoms with van der Waals surface area (Å²) in [4.78, 5) is 16.6. The fraction of sp³-hybridized carbons (Fsp3) is 0.273. The van der Waals surface area contributed by atoms with Crippen LogP contribution in [-0.4, -0.2) is 39.3 Å². The van der Waals surface area contributed by atoms with Crippen LogP contribution in [-0.2, 0) is 4.79 Å². The molecule has 2 aromatic heterocycles. The van der Waals surface area contributed by atoms with E-state index in [-0.39, 0.29) is 0 Å². The predicted molar refractivity (Wildman–Crippen MR) is 68.6 cm³/mol. The minimum Gasteiger partial charge on any atom is -0.480 e. The van der Waals surface area contributed by atoms with E-state index < -0.39 is 12.0 Å².